The molecule has 0 aliphatic rings. The van der Waals surface area contributed by atoms with Crippen molar-refractivity contribution >= 4 is 33.4 Å². The second-order valence-corrected chi connectivity index (χ2v) is 4.66. The van der Waals surface area contributed by atoms with Crippen LogP contribution in [-0.2, 0) is 20.1 Å². The summed E-state index contributed by atoms with van der Waals surface area (Å²) in [7, 11) is 0. The van der Waals surface area contributed by atoms with E-state index in [9.17, 15) is 0 Å². The molecule has 0 fully saturated rings. The minimum Gasteiger partial charge on any atom is -0.327 e. The molecule has 0 N–H and O–H groups in total. The van der Waals surface area contributed by atoms with Gasteiger partial charge in [0.1, 0.15) is 0 Å². The van der Waals surface area contributed by atoms with Crippen molar-refractivity contribution in [3.63, 3.8) is 0 Å². The van der Waals surface area contributed by atoms with E-state index in [-0.39, 0.29) is 20.1 Å². The van der Waals surface area contributed by atoms with Gasteiger partial charge in [0.2, 0.25) is 5.78 Å². The molecule has 0 spiro atoms. The number of nitrogens with zero attached hydrogens (tertiary/aromatic N) is 5. The van der Waals surface area contributed by atoms with Crippen molar-refractivity contribution in [2.45, 2.75) is 0 Å². The Bertz CT molecular complexity index is 1110. The monoisotopic (exact) mass is 451 g/mol. The summed E-state index contributed by atoms with van der Waals surface area (Å²) >= 11 is 0. The van der Waals surface area contributed by atoms with Gasteiger partial charge in [-0.2, -0.15) is 0 Å². The van der Waals surface area contributed by atoms with Gasteiger partial charge < -0.3 is 8.80 Å². The van der Waals surface area contributed by atoms with Crippen LogP contribution >= 0.6 is 0 Å². The largest absolute Gasteiger partial charge is 0.327 e. The molecule has 0 aliphatic heterocycles. The number of benzene rings is 1. The van der Waals surface area contributed by atoms with Gasteiger partial charge in [-0.1, -0.05) is 5.39 Å². The van der Waals surface area contributed by atoms with E-state index in [0.717, 1.165) is 33.4 Å². The molecule has 6 heteroatoms. The van der Waals surface area contributed by atoms with E-state index in [0.29, 0.717) is 0 Å². The molecule has 0 amide bonds. The fourth-order valence-electron chi connectivity index (χ4n) is 2.75. The van der Waals surface area contributed by atoms with Crippen LogP contribution in [0.15, 0.2) is 49.1 Å². The number of imidazole rings is 2. The van der Waals surface area contributed by atoms with Crippen LogP contribution in [0.5, 0.6) is 0 Å². The summed E-state index contributed by atoms with van der Waals surface area (Å²) in [6, 6.07) is 11.1. The predicted octanol–water partition coefficient (Wildman–Crippen LogP) is 2.48. The number of pyridine rings is 1. The number of hydrogen-bond donors (Lipinski definition) is 0. The van der Waals surface area contributed by atoms with Crippen LogP contribution in [0.2, 0.25) is 0 Å². The van der Waals surface area contributed by atoms with Gasteiger partial charge >= 0.3 is 0 Å². The summed E-state index contributed by atoms with van der Waals surface area (Å²) in [5.74, 6) is 0.836. The third-order valence-electron chi connectivity index (χ3n) is 3.60. The van der Waals surface area contributed by atoms with Crippen molar-refractivity contribution in [2.24, 2.45) is 0 Å². The molecule has 0 saturated carbocycles. The summed E-state index contributed by atoms with van der Waals surface area (Å²) < 4.78 is 4.08. The minimum absolute atomic E-state index is 0. The molecular formula is C15H8IrN5-. The van der Waals surface area contributed by atoms with E-state index in [1.165, 1.54) is 0 Å². The van der Waals surface area contributed by atoms with Crippen LogP contribution in [0, 0.1) is 6.07 Å². The van der Waals surface area contributed by atoms with Crippen molar-refractivity contribution in [3.8, 4) is 0 Å². The van der Waals surface area contributed by atoms with Crippen LogP contribution < -0.4 is 0 Å². The third kappa shape index (κ3) is 1.51. The van der Waals surface area contributed by atoms with Crippen molar-refractivity contribution in [2.75, 3.05) is 0 Å². The second-order valence-electron chi connectivity index (χ2n) is 4.66. The zero-order valence-electron chi connectivity index (χ0n) is 10.7. The Morgan fingerprint density at radius 3 is 3.00 bits per heavy atom. The van der Waals surface area contributed by atoms with Gasteiger partial charge in [0.05, 0.1) is 22.9 Å². The molecule has 0 aliphatic carbocycles. The molecule has 5 aromatic rings. The molecule has 103 valence electrons. The van der Waals surface area contributed by atoms with E-state index in [1.54, 1.807) is 12.4 Å². The summed E-state index contributed by atoms with van der Waals surface area (Å²) in [4.78, 5) is 13.4. The van der Waals surface area contributed by atoms with Gasteiger partial charge in [-0.15, -0.1) is 24.3 Å². The van der Waals surface area contributed by atoms with Crippen LogP contribution in [0.4, 0.5) is 0 Å². The van der Waals surface area contributed by atoms with Crippen LogP contribution in [0.25, 0.3) is 33.4 Å². The molecule has 5 rings (SSSR count). The normalized spacial score (nSPS) is 11.4. The average Bonchev–Trinajstić information content (AvgIpc) is 3.11. The number of hydrogen-bond acceptors (Lipinski definition) is 3. The van der Waals surface area contributed by atoms with Crippen molar-refractivity contribution in [1.29, 1.82) is 0 Å². The zero-order valence-corrected chi connectivity index (χ0v) is 13.1. The first kappa shape index (κ1) is 12.4. The van der Waals surface area contributed by atoms with Crippen molar-refractivity contribution in [1.82, 2.24) is 23.8 Å². The zero-order chi connectivity index (χ0) is 13.1. The SMILES string of the molecule is [Ir].[c-]1cccc2c1c1nc3ccncc3n1c1nccn21. The quantitative estimate of drug-likeness (QED) is 0.341. The summed E-state index contributed by atoms with van der Waals surface area (Å²) in [5, 5.41) is 0.981. The van der Waals surface area contributed by atoms with Gasteiger partial charge in [0.15, 0.2) is 0 Å². The summed E-state index contributed by atoms with van der Waals surface area (Å²) in [6.45, 7) is 0. The van der Waals surface area contributed by atoms with E-state index >= 15 is 0 Å². The molecule has 4 aromatic heterocycles. The predicted molar refractivity (Wildman–Crippen MR) is 75.6 cm³/mol. The van der Waals surface area contributed by atoms with Crippen LogP contribution in [0.3, 0.4) is 0 Å². The standard InChI is InChI=1S/C15H8N5.Ir/c1-2-4-12-10(3-1)14-18-11-5-6-16-9-13(11)20(14)15-17-7-8-19(12)15;/h1-2,4-9H;/q-1;. The first-order chi connectivity index (χ1) is 9.93. The van der Waals surface area contributed by atoms with E-state index in [1.807, 2.05) is 39.4 Å². The van der Waals surface area contributed by atoms with Gasteiger partial charge in [0.25, 0.3) is 0 Å². The molecular weight excluding hydrogens is 442 g/mol. The summed E-state index contributed by atoms with van der Waals surface area (Å²) in [6.07, 6.45) is 7.32. The molecule has 0 unspecified atom stereocenters. The van der Waals surface area contributed by atoms with Crippen LogP contribution in [0.1, 0.15) is 0 Å². The maximum atomic E-state index is 4.71. The first-order valence-corrected chi connectivity index (χ1v) is 6.31. The van der Waals surface area contributed by atoms with E-state index in [4.69, 9.17) is 4.98 Å². The Morgan fingerprint density at radius 2 is 2.05 bits per heavy atom. The molecule has 4 heterocycles. The number of fused-ring (bicyclic) bond motifs is 8. The van der Waals surface area contributed by atoms with Crippen LogP contribution in [-0.4, -0.2) is 23.8 Å². The smallest absolute Gasteiger partial charge is 0.203 e. The van der Waals surface area contributed by atoms with Gasteiger partial charge in [0, 0.05) is 38.7 Å². The Labute approximate surface area is 132 Å². The molecule has 0 bridgehead atoms. The van der Waals surface area contributed by atoms with E-state index < -0.39 is 0 Å². The molecule has 1 radical (unpaired) electrons. The third-order valence-corrected chi connectivity index (χ3v) is 3.60. The minimum atomic E-state index is 0. The summed E-state index contributed by atoms with van der Waals surface area (Å²) in [5.41, 5.74) is 3.78. The fourth-order valence-corrected chi connectivity index (χ4v) is 2.75. The maximum absolute atomic E-state index is 4.71. The molecule has 0 atom stereocenters. The number of aromatic nitrogens is 5. The Morgan fingerprint density at radius 1 is 1.10 bits per heavy atom. The Hall–Kier alpha value is -2.30. The maximum Gasteiger partial charge on any atom is 0.203 e. The van der Waals surface area contributed by atoms with Gasteiger partial charge in [-0.25, -0.2) is 4.98 Å². The fraction of sp³-hybridized carbons (Fsp3) is 0. The number of rotatable bonds is 0. The Balaban J connectivity index is 0.00000115. The molecule has 0 saturated heterocycles. The topological polar surface area (TPSA) is 47.5 Å². The molecule has 21 heavy (non-hydrogen) atoms. The molecule has 5 nitrogen and oxygen atoms in total. The van der Waals surface area contributed by atoms with Gasteiger partial charge in [-0.3, -0.25) is 9.97 Å². The first-order valence-electron chi connectivity index (χ1n) is 6.31. The average molecular weight is 450 g/mol. The van der Waals surface area contributed by atoms with Crippen molar-refractivity contribution in [3.05, 3.63) is 55.1 Å². The van der Waals surface area contributed by atoms with Gasteiger partial charge in [-0.05, 0) is 11.6 Å². The molecule has 1 aromatic carbocycles. The van der Waals surface area contributed by atoms with Crippen molar-refractivity contribution < 1.29 is 20.1 Å². The second kappa shape index (κ2) is 4.35. The van der Waals surface area contributed by atoms with E-state index in [2.05, 4.69) is 22.1 Å². The Kier molecular flexibility index (Phi) is 2.57.